The SMILES string of the molecule is CCOc1cc(/C=N/Nc2nc(-c3ccc(C)cc3)c(NC(C)=O)s2)ccc1O. The van der Waals surface area contributed by atoms with Crippen molar-refractivity contribution in [2.75, 3.05) is 17.3 Å². The van der Waals surface area contributed by atoms with Gasteiger partial charge in [0.15, 0.2) is 11.5 Å². The molecule has 0 aliphatic carbocycles. The molecule has 1 aromatic heterocycles. The van der Waals surface area contributed by atoms with Crippen LogP contribution in [-0.2, 0) is 4.79 Å². The van der Waals surface area contributed by atoms with Crippen molar-refractivity contribution < 1.29 is 14.6 Å². The van der Waals surface area contributed by atoms with Gasteiger partial charge in [-0.1, -0.05) is 41.2 Å². The number of nitrogens with one attached hydrogen (secondary N) is 2. The first kappa shape index (κ1) is 20.3. The number of phenolic OH excluding ortho intramolecular Hbond substituents is 1. The van der Waals surface area contributed by atoms with Gasteiger partial charge in [-0.25, -0.2) is 4.98 Å². The number of phenols is 1. The normalized spacial score (nSPS) is 10.9. The third-order valence-electron chi connectivity index (χ3n) is 3.90. The fraction of sp³-hybridized carbons (Fsp3) is 0.190. The fourth-order valence-electron chi connectivity index (χ4n) is 2.56. The molecule has 0 spiro atoms. The van der Waals surface area contributed by atoms with Gasteiger partial charge in [-0.15, -0.1) is 0 Å². The zero-order valence-electron chi connectivity index (χ0n) is 16.4. The van der Waals surface area contributed by atoms with Gasteiger partial charge in [0.1, 0.15) is 10.7 Å². The molecule has 0 bridgehead atoms. The lowest BCUT2D eigenvalue weighted by atomic mass is 10.1. The highest BCUT2D eigenvalue weighted by Gasteiger charge is 2.14. The van der Waals surface area contributed by atoms with E-state index in [0.29, 0.717) is 28.2 Å². The number of aromatic nitrogens is 1. The molecule has 7 nitrogen and oxygen atoms in total. The molecule has 3 N–H and O–H groups in total. The van der Waals surface area contributed by atoms with E-state index in [-0.39, 0.29) is 11.7 Å². The Morgan fingerprint density at radius 2 is 2.03 bits per heavy atom. The van der Waals surface area contributed by atoms with Crippen LogP contribution in [0, 0.1) is 6.92 Å². The lowest BCUT2D eigenvalue weighted by Crippen LogP contribution is -2.05. The van der Waals surface area contributed by atoms with Gasteiger partial charge in [0, 0.05) is 12.5 Å². The van der Waals surface area contributed by atoms with E-state index in [0.717, 1.165) is 16.7 Å². The van der Waals surface area contributed by atoms with Crippen LogP contribution in [0.3, 0.4) is 0 Å². The minimum Gasteiger partial charge on any atom is -0.504 e. The third kappa shape index (κ3) is 5.32. The van der Waals surface area contributed by atoms with E-state index in [2.05, 4.69) is 20.8 Å². The maximum atomic E-state index is 11.6. The molecule has 3 aromatic rings. The monoisotopic (exact) mass is 410 g/mol. The maximum absolute atomic E-state index is 11.6. The number of aromatic hydroxyl groups is 1. The van der Waals surface area contributed by atoms with Gasteiger partial charge in [-0.3, -0.25) is 10.2 Å². The summed E-state index contributed by atoms with van der Waals surface area (Å²) >= 11 is 1.30. The van der Waals surface area contributed by atoms with Crippen LogP contribution in [0.2, 0.25) is 0 Å². The molecule has 0 fully saturated rings. The second kappa shape index (κ2) is 9.20. The lowest BCUT2D eigenvalue weighted by molar-refractivity contribution is -0.114. The number of hydrogen-bond acceptors (Lipinski definition) is 7. The summed E-state index contributed by atoms with van der Waals surface area (Å²) in [5.41, 5.74) is 6.40. The van der Waals surface area contributed by atoms with Crippen molar-refractivity contribution in [1.82, 2.24) is 4.98 Å². The Labute approximate surface area is 173 Å². The number of ether oxygens (including phenoxy) is 1. The first-order valence-electron chi connectivity index (χ1n) is 9.06. The molecule has 1 amide bonds. The summed E-state index contributed by atoms with van der Waals surface area (Å²) in [6, 6.07) is 12.9. The van der Waals surface area contributed by atoms with E-state index in [1.807, 2.05) is 38.1 Å². The number of thiazole rings is 1. The predicted octanol–water partition coefficient (Wildman–Crippen LogP) is 4.63. The molecular weight excluding hydrogens is 388 g/mol. The Morgan fingerprint density at radius 1 is 1.28 bits per heavy atom. The molecule has 0 saturated heterocycles. The van der Waals surface area contributed by atoms with Crippen molar-refractivity contribution in [2.45, 2.75) is 20.8 Å². The molecule has 0 aliphatic heterocycles. The maximum Gasteiger partial charge on any atom is 0.221 e. The fourth-order valence-corrected chi connectivity index (χ4v) is 3.45. The van der Waals surface area contributed by atoms with Gasteiger partial charge in [-0.05, 0) is 37.6 Å². The number of carbonyl (C=O) groups is 1. The Morgan fingerprint density at radius 3 is 2.72 bits per heavy atom. The molecule has 3 rings (SSSR count). The first-order chi connectivity index (χ1) is 14.0. The summed E-state index contributed by atoms with van der Waals surface area (Å²) in [5, 5.41) is 18.0. The second-order valence-electron chi connectivity index (χ2n) is 6.27. The van der Waals surface area contributed by atoms with Crippen LogP contribution in [0.1, 0.15) is 25.0 Å². The number of hydrazone groups is 1. The van der Waals surface area contributed by atoms with Crippen LogP contribution in [0.15, 0.2) is 47.6 Å². The summed E-state index contributed by atoms with van der Waals surface area (Å²) in [6.45, 7) is 5.79. The highest BCUT2D eigenvalue weighted by atomic mass is 32.1. The van der Waals surface area contributed by atoms with Crippen molar-refractivity contribution in [3.8, 4) is 22.8 Å². The zero-order valence-corrected chi connectivity index (χ0v) is 17.2. The van der Waals surface area contributed by atoms with Crippen molar-refractivity contribution >= 4 is 33.6 Å². The molecule has 8 heteroatoms. The minimum atomic E-state index is -0.162. The summed E-state index contributed by atoms with van der Waals surface area (Å²) in [5.74, 6) is 0.324. The van der Waals surface area contributed by atoms with Gasteiger partial charge in [-0.2, -0.15) is 5.10 Å². The van der Waals surface area contributed by atoms with Gasteiger partial charge in [0.25, 0.3) is 0 Å². The zero-order chi connectivity index (χ0) is 20.8. The average Bonchev–Trinajstić information content (AvgIpc) is 3.07. The molecule has 0 unspecified atom stereocenters. The number of amides is 1. The van der Waals surface area contributed by atoms with Gasteiger partial charge in [0.2, 0.25) is 11.0 Å². The van der Waals surface area contributed by atoms with Crippen molar-refractivity contribution in [2.24, 2.45) is 5.10 Å². The van der Waals surface area contributed by atoms with Crippen LogP contribution in [0.25, 0.3) is 11.3 Å². The standard InChI is InChI=1S/C21H22N4O3S/c1-4-28-18-11-15(7-10-17(18)27)12-22-25-21-24-19(20(29-21)23-14(3)26)16-8-5-13(2)6-9-16/h5-12,27H,4H2,1-3H3,(H,23,26)(H,24,25)/b22-12+. The van der Waals surface area contributed by atoms with E-state index < -0.39 is 0 Å². The summed E-state index contributed by atoms with van der Waals surface area (Å²) in [7, 11) is 0. The van der Waals surface area contributed by atoms with Crippen molar-refractivity contribution in [3.05, 3.63) is 53.6 Å². The second-order valence-corrected chi connectivity index (χ2v) is 7.27. The summed E-state index contributed by atoms with van der Waals surface area (Å²) in [6.07, 6.45) is 1.60. The highest BCUT2D eigenvalue weighted by Crippen LogP contribution is 2.36. The largest absolute Gasteiger partial charge is 0.504 e. The summed E-state index contributed by atoms with van der Waals surface area (Å²) < 4.78 is 5.37. The van der Waals surface area contributed by atoms with Crippen LogP contribution in [0.5, 0.6) is 11.5 Å². The average molecular weight is 410 g/mol. The smallest absolute Gasteiger partial charge is 0.221 e. The van der Waals surface area contributed by atoms with Gasteiger partial charge >= 0.3 is 0 Å². The first-order valence-corrected chi connectivity index (χ1v) is 9.88. The quantitative estimate of drug-likeness (QED) is 0.390. The molecule has 0 radical (unpaired) electrons. The van der Waals surface area contributed by atoms with Gasteiger partial charge < -0.3 is 15.2 Å². The molecule has 0 atom stereocenters. The van der Waals surface area contributed by atoms with E-state index in [1.54, 1.807) is 24.4 Å². The number of aryl methyl sites for hydroxylation is 1. The number of carbonyl (C=O) groups excluding carboxylic acids is 1. The Kier molecular flexibility index (Phi) is 6.46. The Bertz CT molecular complexity index is 1030. The highest BCUT2D eigenvalue weighted by molar-refractivity contribution is 7.20. The Balaban J connectivity index is 1.80. The molecule has 0 aliphatic rings. The van der Waals surface area contributed by atoms with E-state index >= 15 is 0 Å². The molecule has 29 heavy (non-hydrogen) atoms. The molecule has 0 saturated carbocycles. The third-order valence-corrected chi connectivity index (χ3v) is 4.77. The number of benzene rings is 2. The van der Waals surface area contributed by atoms with E-state index in [9.17, 15) is 9.90 Å². The number of hydrogen-bond donors (Lipinski definition) is 3. The van der Waals surface area contributed by atoms with Crippen LogP contribution in [0.4, 0.5) is 10.1 Å². The number of anilines is 2. The molecule has 150 valence electrons. The van der Waals surface area contributed by atoms with E-state index in [1.165, 1.54) is 18.3 Å². The minimum absolute atomic E-state index is 0.0829. The number of nitrogens with zero attached hydrogens (tertiary/aromatic N) is 2. The Hall–Kier alpha value is -3.39. The lowest BCUT2D eigenvalue weighted by Gasteiger charge is -2.05. The van der Waals surface area contributed by atoms with Crippen molar-refractivity contribution in [3.63, 3.8) is 0 Å². The topological polar surface area (TPSA) is 95.8 Å². The van der Waals surface area contributed by atoms with Crippen molar-refractivity contribution in [1.29, 1.82) is 0 Å². The number of rotatable bonds is 7. The summed E-state index contributed by atoms with van der Waals surface area (Å²) in [4.78, 5) is 16.1. The molecule has 2 aromatic carbocycles. The molecule has 1 heterocycles. The van der Waals surface area contributed by atoms with Crippen LogP contribution in [-0.4, -0.2) is 28.8 Å². The van der Waals surface area contributed by atoms with Gasteiger partial charge in [0.05, 0.1) is 12.8 Å². The van der Waals surface area contributed by atoms with Crippen LogP contribution >= 0.6 is 11.3 Å². The van der Waals surface area contributed by atoms with E-state index in [4.69, 9.17) is 4.74 Å². The molecular formula is C21H22N4O3S. The van der Waals surface area contributed by atoms with Crippen LogP contribution < -0.4 is 15.5 Å². The predicted molar refractivity (Wildman–Crippen MR) is 117 cm³/mol.